The van der Waals surface area contributed by atoms with Crippen molar-refractivity contribution in [1.29, 1.82) is 0 Å². The van der Waals surface area contributed by atoms with Gasteiger partial charge in [0.1, 0.15) is 0 Å². The number of halogens is 2. The SMILES string of the molecule is CN(CC(=O)N1CCCCCC1)[C@@H]1c2cc(Cl)cc(Cl)c2C[C@H]1O. The van der Waals surface area contributed by atoms with Crippen molar-refractivity contribution >= 4 is 29.1 Å². The van der Waals surface area contributed by atoms with Crippen LogP contribution in [0.4, 0.5) is 0 Å². The highest BCUT2D eigenvalue weighted by Crippen LogP contribution is 2.40. The van der Waals surface area contributed by atoms with Crippen molar-refractivity contribution in [2.75, 3.05) is 26.7 Å². The number of likely N-dealkylation sites (N-methyl/N-ethyl adjacent to an activating group) is 1. The van der Waals surface area contributed by atoms with E-state index in [-0.39, 0.29) is 11.9 Å². The predicted molar refractivity (Wildman–Crippen MR) is 96.6 cm³/mol. The van der Waals surface area contributed by atoms with E-state index in [2.05, 4.69) is 0 Å². The molecule has 1 amide bonds. The lowest BCUT2D eigenvalue weighted by molar-refractivity contribution is -0.133. The van der Waals surface area contributed by atoms with Gasteiger partial charge in [0.05, 0.1) is 18.7 Å². The van der Waals surface area contributed by atoms with Crippen molar-refractivity contribution in [1.82, 2.24) is 9.80 Å². The molecule has 4 nitrogen and oxygen atoms in total. The number of carbonyl (C=O) groups excluding carboxylic acids is 1. The topological polar surface area (TPSA) is 43.8 Å². The van der Waals surface area contributed by atoms with Gasteiger partial charge in [-0.3, -0.25) is 9.69 Å². The molecule has 0 saturated carbocycles. The Morgan fingerprint density at radius 2 is 1.92 bits per heavy atom. The van der Waals surface area contributed by atoms with Gasteiger partial charge in [0.2, 0.25) is 5.91 Å². The van der Waals surface area contributed by atoms with Crippen LogP contribution >= 0.6 is 23.2 Å². The van der Waals surface area contributed by atoms with E-state index in [4.69, 9.17) is 23.2 Å². The monoisotopic (exact) mass is 370 g/mol. The molecule has 1 heterocycles. The van der Waals surface area contributed by atoms with E-state index in [0.29, 0.717) is 23.0 Å². The van der Waals surface area contributed by atoms with E-state index in [9.17, 15) is 9.90 Å². The second kappa shape index (κ2) is 7.61. The zero-order valence-electron chi connectivity index (χ0n) is 14.0. The molecule has 1 aliphatic carbocycles. The van der Waals surface area contributed by atoms with Crippen LogP contribution in [0, 0.1) is 0 Å². The van der Waals surface area contributed by atoms with Gasteiger partial charge in [0, 0.05) is 29.6 Å². The molecule has 0 bridgehead atoms. The first kappa shape index (κ1) is 18.0. The first-order valence-electron chi connectivity index (χ1n) is 8.61. The standard InChI is InChI=1S/C18H24Cl2N2O2/c1-21(11-17(24)22-6-4-2-3-5-7-22)18-14-8-12(19)9-15(20)13(14)10-16(18)23/h8-9,16,18,23H,2-7,10-11H2,1H3/t16-,18-/m1/s1. The first-order chi connectivity index (χ1) is 11.5. The molecule has 0 spiro atoms. The van der Waals surface area contributed by atoms with Crippen molar-refractivity contribution in [3.05, 3.63) is 33.3 Å². The number of likely N-dealkylation sites (tertiary alicyclic amines) is 1. The summed E-state index contributed by atoms with van der Waals surface area (Å²) in [6.45, 7) is 1.98. The molecule has 0 unspecified atom stereocenters. The van der Waals surface area contributed by atoms with Crippen molar-refractivity contribution < 1.29 is 9.90 Å². The minimum Gasteiger partial charge on any atom is -0.391 e. The van der Waals surface area contributed by atoms with Gasteiger partial charge >= 0.3 is 0 Å². The van der Waals surface area contributed by atoms with Gasteiger partial charge in [-0.2, -0.15) is 0 Å². The van der Waals surface area contributed by atoms with Gasteiger partial charge in [-0.1, -0.05) is 36.0 Å². The van der Waals surface area contributed by atoms with Gasteiger partial charge in [-0.15, -0.1) is 0 Å². The summed E-state index contributed by atoms with van der Waals surface area (Å²) in [6.07, 6.45) is 4.48. The number of nitrogens with zero attached hydrogens (tertiary/aromatic N) is 2. The zero-order valence-corrected chi connectivity index (χ0v) is 15.5. The lowest BCUT2D eigenvalue weighted by atomic mass is 10.1. The Kier molecular flexibility index (Phi) is 5.70. The Balaban J connectivity index is 1.73. The molecule has 0 aromatic heterocycles. The normalized spacial score (nSPS) is 24.1. The molecule has 1 aromatic carbocycles. The van der Waals surface area contributed by atoms with Crippen molar-refractivity contribution in [2.45, 2.75) is 44.2 Å². The summed E-state index contributed by atoms with van der Waals surface area (Å²) >= 11 is 12.4. The van der Waals surface area contributed by atoms with Gasteiger partial charge in [0.25, 0.3) is 0 Å². The smallest absolute Gasteiger partial charge is 0.236 e. The number of carbonyl (C=O) groups is 1. The largest absolute Gasteiger partial charge is 0.391 e. The third-order valence-corrected chi connectivity index (χ3v) is 5.66. The zero-order chi connectivity index (χ0) is 17.3. The number of aliphatic hydroxyl groups excluding tert-OH is 1. The summed E-state index contributed by atoms with van der Waals surface area (Å²) in [5.74, 6) is 0.133. The Labute approximate surface area is 153 Å². The number of hydrogen-bond acceptors (Lipinski definition) is 3. The van der Waals surface area contributed by atoms with Crippen molar-refractivity contribution in [3.63, 3.8) is 0 Å². The maximum Gasteiger partial charge on any atom is 0.236 e. The van der Waals surface area contributed by atoms with Gasteiger partial charge in [-0.05, 0) is 43.1 Å². The second-order valence-corrected chi connectivity index (χ2v) is 7.73. The molecule has 132 valence electrons. The molecule has 0 radical (unpaired) electrons. The number of aliphatic hydroxyl groups is 1. The quantitative estimate of drug-likeness (QED) is 0.887. The van der Waals surface area contributed by atoms with Crippen LogP contribution in [0.15, 0.2) is 12.1 Å². The summed E-state index contributed by atoms with van der Waals surface area (Å²) in [7, 11) is 1.88. The van der Waals surface area contributed by atoms with Crippen LogP contribution in [-0.4, -0.2) is 53.6 Å². The molecule has 6 heteroatoms. The van der Waals surface area contributed by atoms with Crippen LogP contribution in [0.25, 0.3) is 0 Å². The van der Waals surface area contributed by atoms with E-state index in [1.807, 2.05) is 22.9 Å². The summed E-state index contributed by atoms with van der Waals surface area (Å²) < 4.78 is 0. The highest BCUT2D eigenvalue weighted by atomic mass is 35.5. The minimum absolute atomic E-state index is 0.133. The molecular weight excluding hydrogens is 347 g/mol. The molecule has 1 saturated heterocycles. The van der Waals surface area contributed by atoms with Gasteiger partial charge in [-0.25, -0.2) is 0 Å². The number of benzene rings is 1. The molecule has 1 fully saturated rings. The maximum atomic E-state index is 12.6. The molecule has 2 atom stereocenters. The molecule has 1 aromatic rings. The van der Waals surface area contributed by atoms with E-state index in [0.717, 1.165) is 37.1 Å². The van der Waals surface area contributed by atoms with E-state index >= 15 is 0 Å². The number of rotatable bonds is 3. The molecule has 24 heavy (non-hydrogen) atoms. The third kappa shape index (κ3) is 3.72. The Bertz CT molecular complexity index is 615. The average molecular weight is 371 g/mol. The number of amides is 1. The first-order valence-corrected chi connectivity index (χ1v) is 9.37. The second-order valence-electron chi connectivity index (χ2n) is 6.88. The Morgan fingerprint density at radius 3 is 2.58 bits per heavy atom. The summed E-state index contributed by atoms with van der Waals surface area (Å²) in [5, 5.41) is 11.6. The third-order valence-electron chi connectivity index (χ3n) is 5.11. The lowest BCUT2D eigenvalue weighted by Gasteiger charge is -2.30. The summed E-state index contributed by atoms with van der Waals surface area (Å²) in [4.78, 5) is 16.5. The van der Waals surface area contributed by atoms with Crippen LogP contribution in [0.3, 0.4) is 0 Å². The minimum atomic E-state index is -0.571. The average Bonchev–Trinajstić information content (AvgIpc) is 2.71. The van der Waals surface area contributed by atoms with E-state index in [1.54, 1.807) is 6.07 Å². The number of fused-ring (bicyclic) bond motifs is 1. The highest BCUT2D eigenvalue weighted by molar-refractivity contribution is 6.35. The Hall–Kier alpha value is -0.810. The molecule has 1 N–H and O–H groups in total. The highest BCUT2D eigenvalue weighted by Gasteiger charge is 2.36. The lowest BCUT2D eigenvalue weighted by Crippen LogP contribution is -2.42. The molecule has 2 aliphatic rings. The van der Waals surface area contributed by atoms with Crippen LogP contribution in [0.5, 0.6) is 0 Å². The summed E-state index contributed by atoms with van der Waals surface area (Å²) in [6, 6.07) is 3.32. The van der Waals surface area contributed by atoms with Crippen LogP contribution in [-0.2, 0) is 11.2 Å². The number of hydrogen-bond donors (Lipinski definition) is 1. The molecule has 1 aliphatic heterocycles. The van der Waals surface area contributed by atoms with E-state index < -0.39 is 6.10 Å². The summed E-state index contributed by atoms with van der Waals surface area (Å²) in [5.41, 5.74) is 1.87. The van der Waals surface area contributed by atoms with Crippen LogP contribution in [0.2, 0.25) is 10.0 Å². The van der Waals surface area contributed by atoms with Crippen LogP contribution in [0.1, 0.15) is 42.9 Å². The van der Waals surface area contributed by atoms with Crippen molar-refractivity contribution in [3.8, 4) is 0 Å². The van der Waals surface area contributed by atoms with E-state index in [1.165, 1.54) is 12.8 Å². The maximum absolute atomic E-state index is 12.6. The van der Waals surface area contributed by atoms with Gasteiger partial charge < -0.3 is 10.0 Å². The predicted octanol–water partition coefficient (Wildman–Crippen LogP) is 3.29. The molecule has 3 rings (SSSR count). The fourth-order valence-corrected chi connectivity index (χ4v) is 4.48. The molecular formula is C18H24Cl2N2O2. The fourth-order valence-electron chi connectivity index (χ4n) is 3.89. The fraction of sp³-hybridized carbons (Fsp3) is 0.611. The van der Waals surface area contributed by atoms with Crippen molar-refractivity contribution in [2.24, 2.45) is 0 Å². The van der Waals surface area contributed by atoms with Gasteiger partial charge in [0.15, 0.2) is 0 Å². The van der Waals surface area contributed by atoms with Crippen LogP contribution < -0.4 is 0 Å². The Morgan fingerprint density at radius 1 is 1.25 bits per heavy atom.